The highest BCUT2D eigenvalue weighted by Gasteiger charge is 2.37. The highest BCUT2D eigenvalue weighted by molar-refractivity contribution is 5.66. The summed E-state index contributed by atoms with van der Waals surface area (Å²) in [5.41, 5.74) is 0.00674. The third kappa shape index (κ3) is 3.96. The number of rotatable bonds is 8. The smallest absolute Gasteiger partial charge is 0.303 e. The van der Waals surface area contributed by atoms with E-state index < -0.39 is 5.97 Å². The third-order valence-corrected chi connectivity index (χ3v) is 4.01. The highest BCUT2D eigenvalue weighted by Crippen LogP contribution is 2.32. The molecule has 0 spiro atoms. The van der Waals surface area contributed by atoms with E-state index in [-0.39, 0.29) is 18.6 Å². The van der Waals surface area contributed by atoms with E-state index in [0.717, 1.165) is 45.2 Å². The van der Waals surface area contributed by atoms with Gasteiger partial charge in [-0.05, 0) is 45.2 Å². The lowest BCUT2D eigenvalue weighted by Crippen LogP contribution is -2.46. The van der Waals surface area contributed by atoms with Gasteiger partial charge < -0.3 is 10.2 Å². The molecule has 0 bridgehead atoms. The fourth-order valence-electron chi connectivity index (χ4n) is 2.79. The average molecular weight is 243 g/mol. The summed E-state index contributed by atoms with van der Waals surface area (Å²) >= 11 is 0. The summed E-state index contributed by atoms with van der Waals surface area (Å²) in [4.78, 5) is 12.8. The van der Waals surface area contributed by atoms with Gasteiger partial charge in [-0.2, -0.15) is 0 Å². The van der Waals surface area contributed by atoms with Crippen molar-refractivity contribution in [2.75, 3.05) is 19.7 Å². The highest BCUT2D eigenvalue weighted by atomic mass is 16.4. The zero-order chi connectivity index (χ0) is 12.7. The molecule has 0 aromatic rings. The molecule has 4 nitrogen and oxygen atoms in total. The maximum Gasteiger partial charge on any atom is 0.303 e. The molecule has 0 unspecified atom stereocenters. The average Bonchev–Trinajstić information content (AvgIpc) is 2.72. The zero-order valence-corrected chi connectivity index (χ0v) is 10.8. The quantitative estimate of drug-likeness (QED) is 0.639. The van der Waals surface area contributed by atoms with Crippen LogP contribution in [-0.2, 0) is 4.79 Å². The molecule has 0 radical (unpaired) electrons. The van der Waals surface area contributed by atoms with Gasteiger partial charge in [-0.15, -0.1) is 0 Å². The maximum absolute atomic E-state index is 10.4. The Balaban J connectivity index is 2.24. The van der Waals surface area contributed by atoms with Gasteiger partial charge in [0.1, 0.15) is 0 Å². The molecule has 1 atom stereocenters. The minimum atomic E-state index is -0.704. The van der Waals surface area contributed by atoms with Gasteiger partial charge in [0.2, 0.25) is 0 Å². The van der Waals surface area contributed by atoms with Gasteiger partial charge in [-0.3, -0.25) is 9.69 Å². The zero-order valence-electron chi connectivity index (χ0n) is 10.8. The first kappa shape index (κ1) is 14.5. The van der Waals surface area contributed by atoms with Gasteiger partial charge in [-0.1, -0.05) is 13.3 Å². The Morgan fingerprint density at radius 1 is 1.35 bits per heavy atom. The van der Waals surface area contributed by atoms with E-state index in [4.69, 9.17) is 5.11 Å². The summed E-state index contributed by atoms with van der Waals surface area (Å²) in [5.74, 6) is -0.704. The Hall–Kier alpha value is -0.610. The van der Waals surface area contributed by atoms with Crippen LogP contribution in [0.4, 0.5) is 0 Å². The molecule has 1 saturated heterocycles. The topological polar surface area (TPSA) is 60.8 Å². The van der Waals surface area contributed by atoms with E-state index in [0.29, 0.717) is 0 Å². The molecule has 1 fully saturated rings. The number of aliphatic hydroxyl groups excluding tert-OH is 1. The SMILES string of the molecule is CC[C@@]1(CO)CCCN1CCCCCC(=O)O. The van der Waals surface area contributed by atoms with E-state index in [9.17, 15) is 9.90 Å². The number of unbranched alkanes of at least 4 members (excludes halogenated alkanes) is 2. The number of carbonyl (C=O) groups is 1. The van der Waals surface area contributed by atoms with Crippen LogP contribution < -0.4 is 0 Å². The molecule has 17 heavy (non-hydrogen) atoms. The third-order valence-electron chi connectivity index (χ3n) is 4.01. The molecule has 0 aliphatic carbocycles. The number of nitrogens with zero attached hydrogens (tertiary/aromatic N) is 1. The molecule has 100 valence electrons. The minimum Gasteiger partial charge on any atom is -0.481 e. The van der Waals surface area contributed by atoms with Crippen molar-refractivity contribution >= 4 is 5.97 Å². The molecular formula is C13H25NO3. The lowest BCUT2D eigenvalue weighted by Gasteiger charge is -2.36. The van der Waals surface area contributed by atoms with Gasteiger partial charge in [0, 0.05) is 12.0 Å². The van der Waals surface area contributed by atoms with Crippen LogP contribution in [0.15, 0.2) is 0 Å². The first-order valence-electron chi connectivity index (χ1n) is 6.72. The molecule has 1 rings (SSSR count). The van der Waals surface area contributed by atoms with Crippen molar-refractivity contribution in [3.8, 4) is 0 Å². The lowest BCUT2D eigenvalue weighted by atomic mass is 9.94. The number of carboxylic acids is 1. The van der Waals surface area contributed by atoms with Gasteiger partial charge in [0.05, 0.1) is 6.61 Å². The molecule has 1 heterocycles. The predicted molar refractivity (Wildman–Crippen MR) is 67.0 cm³/mol. The van der Waals surface area contributed by atoms with Crippen molar-refractivity contribution in [2.24, 2.45) is 0 Å². The Kier molecular flexibility index (Phi) is 5.92. The molecule has 0 amide bonds. The van der Waals surface area contributed by atoms with Crippen LogP contribution in [-0.4, -0.2) is 46.3 Å². The second kappa shape index (κ2) is 6.97. The van der Waals surface area contributed by atoms with Crippen molar-refractivity contribution in [1.82, 2.24) is 4.90 Å². The molecule has 2 N–H and O–H groups in total. The molecule has 0 aromatic carbocycles. The largest absolute Gasteiger partial charge is 0.481 e. The standard InChI is InChI=1S/C13H25NO3/c1-2-13(11-15)8-6-10-14(13)9-5-3-4-7-12(16)17/h15H,2-11H2,1H3,(H,16,17)/t13-/m0/s1. The van der Waals surface area contributed by atoms with Crippen molar-refractivity contribution in [2.45, 2.75) is 57.4 Å². The van der Waals surface area contributed by atoms with Gasteiger partial charge in [0.25, 0.3) is 0 Å². The first-order valence-corrected chi connectivity index (χ1v) is 6.72. The molecular weight excluding hydrogens is 218 g/mol. The van der Waals surface area contributed by atoms with E-state index in [1.165, 1.54) is 6.42 Å². The molecule has 1 aliphatic heterocycles. The molecule has 1 aliphatic rings. The van der Waals surface area contributed by atoms with Crippen LogP contribution in [0.5, 0.6) is 0 Å². The number of aliphatic hydroxyl groups is 1. The second-order valence-electron chi connectivity index (χ2n) is 5.03. The summed E-state index contributed by atoms with van der Waals surface area (Å²) in [5, 5.41) is 18.1. The van der Waals surface area contributed by atoms with Crippen molar-refractivity contribution < 1.29 is 15.0 Å². The number of carboxylic acid groups (broad SMARTS) is 1. The van der Waals surface area contributed by atoms with Gasteiger partial charge in [0.15, 0.2) is 0 Å². The number of likely N-dealkylation sites (tertiary alicyclic amines) is 1. The fourth-order valence-corrected chi connectivity index (χ4v) is 2.79. The van der Waals surface area contributed by atoms with Crippen LogP contribution in [0.1, 0.15) is 51.9 Å². The number of hydrogen-bond acceptors (Lipinski definition) is 3. The van der Waals surface area contributed by atoms with Gasteiger partial charge in [-0.25, -0.2) is 0 Å². The van der Waals surface area contributed by atoms with Crippen LogP contribution in [0.25, 0.3) is 0 Å². The number of hydrogen-bond donors (Lipinski definition) is 2. The van der Waals surface area contributed by atoms with Crippen LogP contribution >= 0.6 is 0 Å². The van der Waals surface area contributed by atoms with Crippen LogP contribution in [0.3, 0.4) is 0 Å². The fraction of sp³-hybridized carbons (Fsp3) is 0.923. The maximum atomic E-state index is 10.4. The first-order chi connectivity index (χ1) is 8.14. The van der Waals surface area contributed by atoms with Crippen LogP contribution in [0.2, 0.25) is 0 Å². The minimum absolute atomic E-state index is 0.00674. The Bertz CT molecular complexity index is 239. The van der Waals surface area contributed by atoms with E-state index in [1.54, 1.807) is 0 Å². The van der Waals surface area contributed by atoms with Crippen LogP contribution in [0, 0.1) is 0 Å². The summed E-state index contributed by atoms with van der Waals surface area (Å²) in [6.07, 6.45) is 6.31. The molecule has 4 heteroatoms. The Morgan fingerprint density at radius 2 is 2.12 bits per heavy atom. The Morgan fingerprint density at radius 3 is 2.71 bits per heavy atom. The lowest BCUT2D eigenvalue weighted by molar-refractivity contribution is -0.137. The summed E-state index contributed by atoms with van der Waals surface area (Å²) in [6.45, 7) is 4.46. The predicted octanol–water partition coefficient (Wildman–Crippen LogP) is 1.87. The second-order valence-corrected chi connectivity index (χ2v) is 5.03. The van der Waals surface area contributed by atoms with Crippen molar-refractivity contribution in [3.63, 3.8) is 0 Å². The van der Waals surface area contributed by atoms with E-state index >= 15 is 0 Å². The van der Waals surface area contributed by atoms with Crippen molar-refractivity contribution in [1.29, 1.82) is 0 Å². The molecule has 0 saturated carbocycles. The summed E-state index contributed by atoms with van der Waals surface area (Å²) in [6, 6.07) is 0. The summed E-state index contributed by atoms with van der Waals surface area (Å²) in [7, 11) is 0. The monoisotopic (exact) mass is 243 g/mol. The molecule has 0 aromatic heterocycles. The van der Waals surface area contributed by atoms with Crippen molar-refractivity contribution in [3.05, 3.63) is 0 Å². The normalized spacial score (nSPS) is 25.3. The van der Waals surface area contributed by atoms with E-state index in [1.807, 2.05) is 0 Å². The number of aliphatic carboxylic acids is 1. The Labute approximate surface area is 104 Å². The summed E-state index contributed by atoms with van der Waals surface area (Å²) < 4.78 is 0. The van der Waals surface area contributed by atoms with Gasteiger partial charge >= 0.3 is 5.97 Å². The van der Waals surface area contributed by atoms with E-state index in [2.05, 4.69) is 11.8 Å².